The summed E-state index contributed by atoms with van der Waals surface area (Å²) in [6.07, 6.45) is 1.76. The first-order chi connectivity index (χ1) is 11.5. The van der Waals surface area contributed by atoms with Crippen molar-refractivity contribution in [3.63, 3.8) is 0 Å². The van der Waals surface area contributed by atoms with Crippen LogP contribution in [0.5, 0.6) is 0 Å². The quantitative estimate of drug-likeness (QED) is 0.606. The largest absolute Gasteiger partial charge is 0.347 e. The van der Waals surface area contributed by atoms with E-state index in [-0.39, 0.29) is 0 Å². The van der Waals surface area contributed by atoms with Gasteiger partial charge >= 0.3 is 0 Å². The molecule has 0 bridgehead atoms. The van der Waals surface area contributed by atoms with Gasteiger partial charge in [0.1, 0.15) is 0 Å². The van der Waals surface area contributed by atoms with Crippen molar-refractivity contribution in [3.05, 3.63) is 72.4 Å². The van der Waals surface area contributed by atoms with Gasteiger partial charge in [0.15, 0.2) is 0 Å². The molecule has 0 radical (unpaired) electrons. The SMILES string of the molecule is CCN(/C=C(\C(=O)C(=O)N(C)C)c1ccccc1)c1ccccc1. The van der Waals surface area contributed by atoms with Crippen LogP contribution in [0, 0.1) is 0 Å². The highest BCUT2D eigenvalue weighted by atomic mass is 16.2. The molecule has 0 heterocycles. The maximum Gasteiger partial charge on any atom is 0.294 e. The molecular weight excluding hydrogens is 300 g/mol. The van der Waals surface area contributed by atoms with Crippen molar-refractivity contribution in [3.8, 4) is 0 Å². The topological polar surface area (TPSA) is 40.6 Å². The second kappa shape index (κ2) is 8.11. The van der Waals surface area contributed by atoms with E-state index >= 15 is 0 Å². The average Bonchev–Trinajstić information content (AvgIpc) is 2.63. The van der Waals surface area contributed by atoms with Crippen LogP contribution in [0.15, 0.2) is 66.9 Å². The Morgan fingerprint density at radius 2 is 1.46 bits per heavy atom. The van der Waals surface area contributed by atoms with E-state index in [0.29, 0.717) is 12.1 Å². The lowest BCUT2D eigenvalue weighted by Gasteiger charge is -2.21. The molecule has 0 aliphatic carbocycles. The highest BCUT2D eigenvalue weighted by molar-refractivity contribution is 6.53. The van der Waals surface area contributed by atoms with Crippen LogP contribution in [-0.4, -0.2) is 37.2 Å². The zero-order valence-corrected chi connectivity index (χ0v) is 14.3. The summed E-state index contributed by atoms with van der Waals surface area (Å²) in [7, 11) is 3.16. The van der Waals surface area contributed by atoms with Gasteiger partial charge in [-0.2, -0.15) is 0 Å². The molecule has 2 aromatic carbocycles. The zero-order valence-electron chi connectivity index (χ0n) is 14.3. The van der Waals surface area contributed by atoms with Gasteiger partial charge in [-0.25, -0.2) is 0 Å². The summed E-state index contributed by atoms with van der Waals surface area (Å²) in [6.45, 7) is 2.69. The number of likely N-dealkylation sites (N-methyl/N-ethyl adjacent to an activating group) is 1. The van der Waals surface area contributed by atoms with E-state index in [2.05, 4.69) is 0 Å². The minimum atomic E-state index is -0.533. The second-order valence-corrected chi connectivity index (χ2v) is 5.56. The summed E-state index contributed by atoms with van der Waals surface area (Å²) in [4.78, 5) is 28.1. The number of rotatable bonds is 6. The Kier molecular flexibility index (Phi) is 5.90. The second-order valence-electron chi connectivity index (χ2n) is 5.56. The summed E-state index contributed by atoms with van der Waals surface area (Å²) in [5.74, 6) is -1.05. The van der Waals surface area contributed by atoms with Crippen molar-refractivity contribution in [1.29, 1.82) is 0 Å². The highest BCUT2D eigenvalue weighted by Gasteiger charge is 2.23. The number of carbonyl (C=O) groups is 2. The number of ketones is 1. The van der Waals surface area contributed by atoms with Crippen LogP contribution in [-0.2, 0) is 9.59 Å². The molecule has 0 aromatic heterocycles. The van der Waals surface area contributed by atoms with Crippen LogP contribution >= 0.6 is 0 Å². The summed E-state index contributed by atoms with van der Waals surface area (Å²) in [5, 5.41) is 0. The molecule has 0 saturated heterocycles. The summed E-state index contributed by atoms with van der Waals surface area (Å²) in [5.41, 5.74) is 2.09. The third kappa shape index (κ3) is 4.10. The number of carbonyl (C=O) groups excluding carboxylic acids is 2. The Labute approximate surface area is 143 Å². The molecule has 124 valence electrons. The van der Waals surface area contributed by atoms with Crippen molar-refractivity contribution >= 4 is 23.0 Å². The third-order valence-electron chi connectivity index (χ3n) is 3.64. The molecule has 0 aliphatic heterocycles. The molecular formula is C20H22N2O2. The average molecular weight is 322 g/mol. The Morgan fingerprint density at radius 1 is 0.917 bits per heavy atom. The van der Waals surface area contributed by atoms with E-state index in [4.69, 9.17) is 0 Å². The molecule has 0 spiro atoms. The number of hydrogen-bond acceptors (Lipinski definition) is 3. The van der Waals surface area contributed by atoms with Gasteiger partial charge in [-0.15, -0.1) is 0 Å². The smallest absolute Gasteiger partial charge is 0.294 e. The molecule has 1 amide bonds. The lowest BCUT2D eigenvalue weighted by molar-refractivity contribution is -0.139. The normalized spacial score (nSPS) is 11.0. The van der Waals surface area contributed by atoms with Gasteiger partial charge in [0.25, 0.3) is 11.7 Å². The predicted octanol–water partition coefficient (Wildman–Crippen LogP) is 3.21. The van der Waals surface area contributed by atoms with Crippen LogP contribution < -0.4 is 4.90 Å². The number of amides is 1. The molecule has 2 rings (SSSR count). The Bertz CT molecular complexity index is 722. The van der Waals surface area contributed by atoms with Crippen molar-refractivity contribution < 1.29 is 9.59 Å². The van der Waals surface area contributed by atoms with Gasteiger partial charge in [-0.1, -0.05) is 48.5 Å². The first-order valence-electron chi connectivity index (χ1n) is 7.89. The van der Waals surface area contributed by atoms with Crippen molar-refractivity contribution in [2.24, 2.45) is 0 Å². The first kappa shape index (κ1) is 17.5. The summed E-state index contributed by atoms with van der Waals surface area (Å²) in [6, 6.07) is 19.1. The lowest BCUT2D eigenvalue weighted by atomic mass is 10.0. The van der Waals surface area contributed by atoms with Crippen molar-refractivity contribution in [1.82, 2.24) is 4.90 Å². The highest BCUT2D eigenvalue weighted by Crippen LogP contribution is 2.21. The van der Waals surface area contributed by atoms with E-state index < -0.39 is 11.7 Å². The molecule has 0 unspecified atom stereocenters. The molecule has 4 nitrogen and oxygen atoms in total. The third-order valence-corrected chi connectivity index (χ3v) is 3.64. The molecule has 4 heteroatoms. The van der Waals surface area contributed by atoms with Gasteiger partial charge in [0.05, 0.1) is 5.57 Å². The summed E-state index contributed by atoms with van der Waals surface area (Å²) < 4.78 is 0. The molecule has 0 atom stereocenters. The summed E-state index contributed by atoms with van der Waals surface area (Å²) >= 11 is 0. The Morgan fingerprint density at radius 3 is 1.96 bits per heavy atom. The fourth-order valence-corrected chi connectivity index (χ4v) is 2.32. The molecule has 24 heavy (non-hydrogen) atoms. The van der Waals surface area contributed by atoms with Crippen LogP contribution in [0.1, 0.15) is 12.5 Å². The van der Waals surface area contributed by atoms with E-state index in [1.165, 1.54) is 4.90 Å². The number of hydrogen-bond donors (Lipinski definition) is 0. The standard InChI is InChI=1S/C20H22N2O2/c1-4-22(17-13-9-6-10-14-17)15-18(16-11-7-5-8-12-16)19(23)20(24)21(2)3/h5-15H,4H2,1-3H3/b18-15-. The van der Waals surface area contributed by atoms with Crippen LogP contribution in [0.4, 0.5) is 5.69 Å². The van der Waals surface area contributed by atoms with Gasteiger partial charge in [0.2, 0.25) is 0 Å². The number of Topliss-reactive ketones (excluding diaryl/α,β-unsaturated/α-hetero) is 1. The fourth-order valence-electron chi connectivity index (χ4n) is 2.32. The minimum absolute atomic E-state index is 0.389. The molecule has 0 N–H and O–H groups in total. The van der Waals surface area contributed by atoms with E-state index in [0.717, 1.165) is 11.3 Å². The van der Waals surface area contributed by atoms with Crippen LogP contribution in [0.3, 0.4) is 0 Å². The van der Waals surface area contributed by atoms with Gasteiger partial charge in [-0.05, 0) is 24.6 Å². The van der Waals surface area contributed by atoms with Gasteiger partial charge < -0.3 is 9.80 Å². The van der Waals surface area contributed by atoms with Gasteiger partial charge in [0, 0.05) is 32.5 Å². The Hall–Kier alpha value is -2.88. The van der Waals surface area contributed by atoms with Crippen LogP contribution in [0.2, 0.25) is 0 Å². The maximum atomic E-state index is 12.7. The van der Waals surface area contributed by atoms with Crippen molar-refractivity contribution in [2.45, 2.75) is 6.92 Å². The Balaban J connectivity index is 2.49. The number of nitrogens with zero attached hydrogens (tertiary/aromatic N) is 2. The monoisotopic (exact) mass is 322 g/mol. The minimum Gasteiger partial charge on any atom is -0.347 e. The van der Waals surface area contributed by atoms with E-state index in [9.17, 15) is 9.59 Å². The van der Waals surface area contributed by atoms with E-state index in [1.54, 1.807) is 20.3 Å². The van der Waals surface area contributed by atoms with Crippen LogP contribution in [0.25, 0.3) is 5.57 Å². The molecule has 2 aromatic rings. The first-order valence-corrected chi connectivity index (χ1v) is 7.89. The molecule has 0 saturated carbocycles. The zero-order chi connectivity index (χ0) is 17.5. The maximum absolute atomic E-state index is 12.7. The number of benzene rings is 2. The fraction of sp³-hybridized carbons (Fsp3) is 0.200. The molecule has 0 aliphatic rings. The predicted molar refractivity (Wildman–Crippen MR) is 97.6 cm³/mol. The van der Waals surface area contributed by atoms with Gasteiger partial charge in [-0.3, -0.25) is 9.59 Å². The molecule has 0 fully saturated rings. The number of anilines is 1. The lowest BCUT2D eigenvalue weighted by Crippen LogP contribution is -2.31. The van der Waals surface area contributed by atoms with Crippen molar-refractivity contribution in [2.75, 3.05) is 25.5 Å². The van der Waals surface area contributed by atoms with E-state index in [1.807, 2.05) is 72.5 Å². The number of para-hydroxylation sites is 1.